The topological polar surface area (TPSA) is 43.4 Å². The molecule has 1 aliphatic carbocycles. The number of para-hydroxylation sites is 1. The molecule has 4 rings (SSSR count). The van der Waals surface area contributed by atoms with Gasteiger partial charge in [-0.05, 0) is 11.6 Å². The molecule has 2 aromatic carbocycles. The summed E-state index contributed by atoms with van der Waals surface area (Å²) in [5, 5.41) is 0. The van der Waals surface area contributed by atoms with Crippen molar-refractivity contribution in [3.63, 3.8) is 0 Å². The van der Waals surface area contributed by atoms with Gasteiger partial charge in [0.25, 0.3) is 0 Å². The Balaban J connectivity index is 1.95. The zero-order chi connectivity index (χ0) is 13.1. The standard InChI is InChI=1S/C16H12O3/c1-8-6-10-9-4-2-3-5-12(9)19-7-11(10)14-13(8)15(17)16(14)18/h2-6,8,11H,7H2,1H3/t8-,11-/m0/s1. The molecule has 94 valence electrons. The SMILES string of the molecule is C[C@H]1C=C2c3ccccc3OC[C@@H]2c2c1c(=O)c2=O. The molecule has 0 N–H and O–H groups in total. The van der Waals surface area contributed by atoms with E-state index in [-0.39, 0.29) is 22.7 Å². The summed E-state index contributed by atoms with van der Waals surface area (Å²) < 4.78 is 5.73. The monoisotopic (exact) mass is 252 g/mol. The predicted molar refractivity (Wildman–Crippen MR) is 72.4 cm³/mol. The third kappa shape index (κ3) is 1.22. The molecule has 0 radical (unpaired) electrons. The molecule has 2 aromatic rings. The lowest BCUT2D eigenvalue weighted by atomic mass is 9.72. The second-order valence-corrected chi connectivity index (χ2v) is 5.26. The van der Waals surface area contributed by atoms with Crippen LogP contribution in [0.3, 0.4) is 0 Å². The van der Waals surface area contributed by atoms with Crippen LogP contribution in [-0.2, 0) is 0 Å². The van der Waals surface area contributed by atoms with Crippen LogP contribution < -0.4 is 15.6 Å². The Hall–Kier alpha value is -2.16. The third-order valence-corrected chi connectivity index (χ3v) is 4.20. The molecule has 1 aliphatic heterocycles. The first-order valence-corrected chi connectivity index (χ1v) is 6.45. The highest BCUT2D eigenvalue weighted by Crippen LogP contribution is 2.46. The Bertz CT molecular complexity index is 791. The van der Waals surface area contributed by atoms with E-state index in [9.17, 15) is 9.59 Å². The summed E-state index contributed by atoms with van der Waals surface area (Å²) >= 11 is 0. The van der Waals surface area contributed by atoms with Crippen molar-refractivity contribution in [3.05, 3.63) is 67.5 Å². The van der Waals surface area contributed by atoms with Crippen molar-refractivity contribution >= 4 is 5.57 Å². The molecular weight excluding hydrogens is 240 g/mol. The van der Waals surface area contributed by atoms with Gasteiger partial charge in [-0.15, -0.1) is 0 Å². The highest BCUT2D eigenvalue weighted by molar-refractivity contribution is 5.80. The van der Waals surface area contributed by atoms with E-state index in [2.05, 4.69) is 6.08 Å². The minimum absolute atomic E-state index is 0.0256. The molecular formula is C16H12O3. The van der Waals surface area contributed by atoms with E-state index in [1.165, 1.54) is 0 Å². The zero-order valence-corrected chi connectivity index (χ0v) is 10.5. The Morgan fingerprint density at radius 1 is 1.11 bits per heavy atom. The second kappa shape index (κ2) is 3.44. The van der Waals surface area contributed by atoms with Gasteiger partial charge in [0.15, 0.2) is 0 Å². The highest BCUT2D eigenvalue weighted by atomic mass is 16.5. The van der Waals surface area contributed by atoms with Crippen molar-refractivity contribution in [2.75, 3.05) is 6.61 Å². The molecule has 0 spiro atoms. The molecule has 3 nitrogen and oxygen atoms in total. The average Bonchev–Trinajstić information content (AvgIpc) is 2.45. The summed E-state index contributed by atoms with van der Waals surface area (Å²) in [6.07, 6.45) is 2.11. The van der Waals surface area contributed by atoms with Crippen LogP contribution in [0.15, 0.2) is 39.9 Å². The third-order valence-electron chi connectivity index (χ3n) is 4.20. The quantitative estimate of drug-likeness (QED) is 0.673. The Labute approximate surface area is 109 Å². The number of benzene rings is 1. The molecule has 0 aromatic heterocycles. The van der Waals surface area contributed by atoms with Crippen LogP contribution in [0.2, 0.25) is 0 Å². The van der Waals surface area contributed by atoms with E-state index in [1.807, 2.05) is 31.2 Å². The van der Waals surface area contributed by atoms with Crippen LogP contribution >= 0.6 is 0 Å². The lowest BCUT2D eigenvalue weighted by Crippen LogP contribution is -2.45. The number of ether oxygens (including phenoxy) is 1. The molecule has 0 bridgehead atoms. The maximum absolute atomic E-state index is 11.8. The van der Waals surface area contributed by atoms with Crippen LogP contribution in [0.25, 0.3) is 5.57 Å². The minimum atomic E-state index is -0.319. The smallest absolute Gasteiger partial charge is 0.230 e. The van der Waals surface area contributed by atoms with Crippen molar-refractivity contribution in [1.82, 2.24) is 0 Å². The van der Waals surface area contributed by atoms with E-state index in [4.69, 9.17) is 4.74 Å². The van der Waals surface area contributed by atoms with Gasteiger partial charge in [-0.25, -0.2) is 0 Å². The lowest BCUT2D eigenvalue weighted by Gasteiger charge is -2.35. The molecule has 0 unspecified atom stereocenters. The molecule has 0 fully saturated rings. The Morgan fingerprint density at radius 3 is 2.68 bits per heavy atom. The van der Waals surface area contributed by atoms with E-state index in [0.29, 0.717) is 17.7 Å². The van der Waals surface area contributed by atoms with Gasteiger partial charge in [0.2, 0.25) is 10.9 Å². The van der Waals surface area contributed by atoms with E-state index < -0.39 is 0 Å². The number of allylic oxidation sites excluding steroid dienone is 1. The second-order valence-electron chi connectivity index (χ2n) is 5.26. The number of rotatable bonds is 0. The summed E-state index contributed by atoms with van der Waals surface area (Å²) in [6, 6.07) is 7.85. The first-order valence-electron chi connectivity index (χ1n) is 6.45. The molecule has 0 saturated carbocycles. The lowest BCUT2D eigenvalue weighted by molar-refractivity contribution is 0.294. The van der Waals surface area contributed by atoms with Gasteiger partial charge in [-0.1, -0.05) is 31.2 Å². The molecule has 0 saturated heterocycles. The Kier molecular flexibility index (Phi) is 1.94. The van der Waals surface area contributed by atoms with Crippen LogP contribution in [0.5, 0.6) is 5.75 Å². The minimum Gasteiger partial charge on any atom is -0.492 e. The molecule has 2 aliphatic rings. The fourth-order valence-electron chi connectivity index (χ4n) is 3.30. The van der Waals surface area contributed by atoms with Crippen LogP contribution in [0.4, 0.5) is 0 Å². The summed E-state index contributed by atoms with van der Waals surface area (Å²) in [5.41, 5.74) is 2.93. The fourth-order valence-corrected chi connectivity index (χ4v) is 3.30. The van der Waals surface area contributed by atoms with Gasteiger partial charge >= 0.3 is 0 Å². The fraction of sp³-hybridized carbons (Fsp3) is 0.250. The van der Waals surface area contributed by atoms with Gasteiger partial charge in [0.1, 0.15) is 5.75 Å². The summed E-state index contributed by atoms with van der Waals surface area (Å²) in [4.78, 5) is 23.5. The summed E-state index contributed by atoms with van der Waals surface area (Å²) in [7, 11) is 0. The largest absolute Gasteiger partial charge is 0.492 e. The number of hydrogen-bond acceptors (Lipinski definition) is 3. The van der Waals surface area contributed by atoms with Crippen LogP contribution in [-0.4, -0.2) is 6.61 Å². The molecule has 2 atom stereocenters. The average molecular weight is 252 g/mol. The van der Waals surface area contributed by atoms with Crippen LogP contribution in [0, 0.1) is 0 Å². The highest BCUT2D eigenvalue weighted by Gasteiger charge is 2.39. The van der Waals surface area contributed by atoms with Gasteiger partial charge in [-0.2, -0.15) is 0 Å². The van der Waals surface area contributed by atoms with Crippen molar-refractivity contribution in [3.8, 4) is 5.75 Å². The molecule has 0 amide bonds. The number of fused-ring (bicyclic) bond motifs is 5. The summed E-state index contributed by atoms with van der Waals surface area (Å²) in [5.74, 6) is 0.822. The first-order chi connectivity index (χ1) is 9.18. The molecule has 19 heavy (non-hydrogen) atoms. The first kappa shape index (κ1) is 10.7. The van der Waals surface area contributed by atoms with Crippen molar-refractivity contribution in [1.29, 1.82) is 0 Å². The maximum Gasteiger partial charge on any atom is 0.230 e. The normalized spacial score (nSPS) is 23.9. The van der Waals surface area contributed by atoms with E-state index in [0.717, 1.165) is 16.9 Å². The van der Waals surface area contributed by atoms with Gasteiger partial charge < -0.3 is 4.74 Å². The van der Waals surface area contributed by atoms with Crippen molar-refractivity contribution < 1.29 is 4.74 Å². The predicted octanol–water partition coefficient (Wildman–Crippen LogP) is 1.96. The molecule has 1 heterocycles. The van der Waals surface area contributed by atoms with E-state index in [1.54, 1.807) is 0 Å². The van der Waals surface area contributed by atoms with E-state index >= 15 is 0 Å². The van der Waals surface area contributed by atoms with Crippen LogP contribution in [0.1, 0.15) is 35.4 Å². The van der Waals surface area contributed by atoms with Gasteiger partial charge in [0.05, 0.1) is 6.61 Å². The summed E-state index contributed by atoms with van der Waals surface area (Å²) in [6.45, 7) is 2.42. The zero-order valence-electron chi connectivity index (χ0n) is 10.5. The van der Waals surface area contributed by atoms with Gasteiger partial charge in [0, 0.05) is 28.5 Å². The molecule has 3 heteroatoms. The van der Waals surface area contributed by atoms with Crippen molar-refractivity contribution in [2.24, 2.45) is 0 Å². The van der Waals surface area contributed by atoms with Crippen molar-refractivity contribution in [2.45, 2.75) is 18.8 Å². The maximum atomic E-state index is 11.8. The number of hydrogen-bond donors (Lipinski definition) is 0. The van der Waals surface area contributed by atoms with Gasteiger partial charge in [-0.3, -0.25) is 9.59 Å². The Morgan fingerprint density at radius 2 is 1.84 bits per heavy atom.